The second-order valence-corrected chi connectivity index (χ2v) is 8.28. The van der Waals surface area contributed by atoms with Crippen LogP contribution >= 0.6 is 0 Å². The number of hydrogen-bond acceptors (Lipinski definition) is 4. The SMILES string of the molecule is O=C(Cn1ccc2cc([N+](=O)[O-])ccc21)NCc1ccccc1-c1ccc(Cn2cccn2)cc1. The predicted molar refractivity (Wildman–Crippen MR) is 134 cm³/mol. The molecule has 0 aliphatic carbocycles. The number of rotatable bonds is 8. The van der Waals surface area contributed by atoms with Gasteiger partial charge < -0.3 is 9.88 Å². The van der Waals surface area contributed by atoms with Gasteiger partial charge in [-0.2, -0.15) is 5.10 Å². The second kappa shape index (κ2) is 9.64. The van der Waals surface area contributed by atoms with Gasteiger partial charge in [-0.15, -0.1) is 0 Å². The summed E-state index contributed by atoms with van der Waals surface area (Å²) in [6.45, 7) is 1.24. The van der Waals surface area contributed by atoms with Gasteiger partial charge in [0, 0.05) is 48.2 Å². The third-order valence-electron chi connectivity index (χ3n) is 5.94. The summed E-state index contributed by atoms with van der Waals surface area (Å²) in [5.41, 5.74) is 5.14. The first-order valence-electron chi connectivity index (χ1n) is 11.2. The van der Waals surface area contributed by atoms with Gasteiger partial charge in [0.25, 0.3) is 5.69 Å². The molecule has 1 amide bonds. The van der Waals surface area contributed by atoms with Crippen molar-refractivity contribution in [3.05, 3.63) is 119 Å². The molecule has 8 nitrogen and oxygen atoms in total. The largest absolute Gasteiger partial charge is 0.350 e. The Hall–Kier alpha value is -4.72. The van der Waals surface area contributed by atoms with Gasteiger partial charge in [0.15, 0.2) is 0 Å². The standard InChI is InChI=1S/C27H23N5O3/c33-27(19-30-15-12-22-16-24(32(34)35)10-11-26(22)30)28-17-23-4-1-2-5-25(23)21-8-6-20(7-9-21)18-31-14-3-13-29-31/h1-16H,17-19H2,(H,28,33). The summed E-state index contributed by atoms with van der Waals surface area (Å²) in [7, 11) is 0. The van der Waals surface area contributed by atoms with Crippen molar-refractivity contribution < 1.29 is 9.72 Å². The van der Waals surface area contributed by atoms with E-state index in [1.807, 2.05) is 35.1 Å². The van der Waals surface area contributed by atoms with Crippen molar-refractivity contribution >= 4 is 22.5 Å². The van der Waals surface area contributed by atoms with E-state index in [4.69, 9.17) is 0 Å². The van der Waals surface area contributed by atoms with Crippen LogP contribution in [0.4, 0.5) is 5.69 Å². The van der Waals surface area contributed by atoms with Gasteiger partial charge in [0.1, 0.15) is 6.54 Å². The summed E-state index contributed by atoms with van der Waals surface area (Å²) in [5.74, 6) is -0.134. The van der Waals surface area contributed by atoms with Crippen molar-refractivity contribution in [2.24, 2.45) is 0 Å². The lowest BCUT2D eigenvalue weighted by atomic mass is 9.98. The van der Waals surface area contributed by atoms with Gasteiger partial charge >= 0.3 is 0 Å². The molecular formula is C27H23N5O3. The van der Waals surface area contributed by atoms with E-state index in [1.54, 1.807) is 29.1 Å². The Morgan fingerprint density at radius 2 is 1.80 bits per heavy atom. The maximum Gasteiger partial charge on any atom is 0.270 e. The number of benzene rings is 3. The number of amides is 1. The third kappa shape index (κ3) is 4.96. The third-order valence-corrected chi connectivity index (χ3v) is 5.94. The molecule has 5 rings (SSSR count). The van der Waals surface area contributed by atoms with E-state index < -0.39 is 4.92 Å². The van der Waals surface area contributed by atoms with E-state index >= 15 is 0 Å². The lowest BCUT2D eigenvalue weighted by molar-refractivity contribution is -0.384. The quantitative estimate of drug-likeness (QED) is 0.264. The molecule has 0 aliphatic rings. The zero-order valence-electron chi connectivity index (χ0n) is 18.9. The minimum Gasteiger partial charge on any atom is -0.350 e. The average Bonchev–Trinajstić information content (AvgIpc) is 3.53. The molecule has 0 saturated heterocycles. The van der Waals surface area contributed by atoms with E-state index in [9.17, 15) is 14.9 Å². The summed E-state index contributed by atoms with van der Waals surface area (Å²) in [5, 5.41) is 19.0. The fourth-order valence-electron chi connectivity index (χ4n) is 4.17. The van der Waals surface area contributed by atoms with Gasteiger partial charge in [-0.25, -0.2) is 0 Å². The van der Waals surface area contributed by atoms with Crippen molar-refractivity contribution in [2.45, 2.75) is 19.6 Å². The monoisotopic (exact) mass is 465 g/mol. The first kappa shape index (κ1) is 22.1. The molecule has 0 saturated carbocycles. The molecule has 8 heteroatoms. The minimum atomic E-state index is -0.423. The summed E-state index contributed by atoms with van der Waals surface area (Å²) >= 11 is 0. The lowest BCUT2D eigenvalue weighted by Gasteiger charge is -2.12. The van der Waals surface area contributed by atoms with Crippen LogP contribution in [0.15, 0.2) is 97.5 Å². The summed E-state index contributed by atoms with van der Waals surface area (Å²) in [4.78, 5) is 23.3. The Morgan fingerprint density at radius 3 is 2.57 bits per heavy atom. The van der Waals surface area contributed by atoms with Gasteiger partial charge in [-0.05, 0) is 40.5 Å². The van der Waals surface area contributed by atoms with E-state index in [0.717, 1.165) is 33.2 Å². The maximum absolute atomic E-state index is 12.7. The summed E-state index contributed by atoms with van der Waals surface area (Å²) < 4.78 is 3.67. The molecule has 3 aromatic carbocycles. The van der Waals surface area contributed by atoms with Crippen LogP contribution in [0.5, 0.6) is 0 Å². The molecule has 0 radical (unpaired) electrons. The van der Waals surface area contributed by atoms with Crippen LogP contribution in [-0.2, 0) is 24.4 Å². The van der Waals surface area contributed by atoms with Gasteiger partial charge in [-0.1, -0.05) is 48.5 Å². The molecule has 5 aromatic rings. The van der Waals surface area contributed by atoms with E-state index in [-0.39, 0.29) is 18.1 Å². The molecule has 0 aliphatic heterocycles. The van der Waals surface area contributed by atoms with E-state index in [2.05, 4.69) is 40.7 Å². The second-order valence-electron chi connectivity index (χ2n) is 8.28. The number of fused-ring (bicyclic) bond motifs is 1. The lowest BCUT2D eigenvalue weighted by Crippen LogP contribution is -2.27. The Balaban J connectivity index is 1.26. The Labute approximate surface area is 201 Å². The number of nitro benzene ring substituents is 1. The Bertz CT molecular complexity index is 1490. The summed E-state index contributed by atoms with van der Waals surface area (Å²) in [6, 6.07) is 24.7. The van der Waals surface area contributed by atoms with Crippen LogP contribution in [-0.4, -0.2) is 25.2 Å². The van der Waals surface area contributed by atoms with E-state index in [0.29, 0.717) is 13.1 Å². The highest BCUT2D eigenvalue weighted by Gasteiger charge is 2.12. The molecule has 2 heterocycles. The van der Waals surface area contributed by atoms with Gasteiger partial charge in [-0.3, -0.25) is 19.6 Å². The highest BCUT2D eigenvalue weighted by atomic mass is 16.6. The number of hydrogen-bond donors (Lipinski definition) is 1. The molecule has 0 fully saturated rings. The maximum atomic E-state index is 12.7. The first-order chi connectivity index (χ1) is 17.1. The van der Waals surface area contributed by atoms with Crippen LogP contribution in [0.25, 0.3) is 22.0 Å². The molecule has 174 valence electrons. The van der Waals surface area contributed by atoms with Crippen LogP contribution in [0.1, 0.15) is 11.1 Å². The topological polar surface area (TPSA) is 95.0 Å². The number of aromatic nitrogens is 3. The average molecular weight is 466 g/mol. The van der Waals surface area contributed by atoms with Gasteiger partial charge in [0.2, 0.25) is 5.91 Å². The van der Waals surface area contributed by atoms with Crippen LogP contribution in [0, 0.1) is 10.1 Å². The Morgan fingerprint density at radius 1 is 0.971 bits per heavy atom. The molecular weight excluding hydrogens is 442 g/mol. The molecule has 35 heavy (non-hydrogen) atoms. The predicted octanol–water partition coefficient (Wildman–Crippen LogP) is 4.78. The van der Waals surface area contributed by atoms with Crippen molar-refractivity contribution in [2.75, 3.05) is 0 Å². The highest BCUT2D eigenvalue weighted by Crippen LogP contribution is 2.25. The molecule has 2 aromatic heterocycles. The van der Waals surface area contributed by atoms with Crippen molar-refractivity contribution in [1.82, 2.24) is 19.7 Å². The van der Waals surface area contributed by atoms with Crippen molar-refractivity contribution in [3.8, 4) is 11.1 Å². The van der Waals surface area contributed by atoms with Crippen molar-refractivity contribution in [1.29, 1.82) is 0 Å². The fraction of sp³-hybridized carbons (Fsp3) is 0.111. The molecule has 0 unspecified atom stereocenters. The summed E-state index contributed by atoms with van der Waals surface area (Å²) in [6.07, 6.45) is 5.47. The number of nitrogens with one attached hydrogen (secondary N) is 1. The van der Waals surface area contributed by atoms with Crippen molar-refractivity contribution in [3.63, 3.8) is 0 Å². The number of nitrogens with zero attached hydrogens (tertiary/aromatic N) is 4. The number of carbonyl (C=O) groups excluding carboxylic acids is 1. The van der Waals surface area contributed by atoms with Crippen LogP contribution in [0.3, 0.4) is 0 Å². The minimum absolute atomic E-state index is 0.0331. The Kier molecular flexibility index (Phi) is 6.09. The molecule has 0 atom stereocenters. The number of carbonyl (C=O) groups is 1. The first-order valence-corrected chi connectivity index (χ1v) is 11.2. The smallest absolute Gasteiger partial charge is 0.270 e. The molecule has 1 N–H and O–H groups in total. The molecule has 0 spiro atoms. The van der Waals surface area contributed by atoms with Crippen LogP contribution < -0.4 is 5.32 Å². The zero-order valence-corrected chi connectivity index (χ0v) is 18.9. The van der Waals surface area contributed by atoms with Crippen LogP contribution in [0.2, 0.25) is 0 Å². The zero-order chi connectivity index (χ0) is 24.2. The highest BCUT2D eigenvalue weighted by molar-refractivity contribution is 5.85. The number of nitro groups is 1. The fourth-order valence-corrected chi connectivity index (χ4v) is 4.17. The van der Waals surface area contributed by atoms with E-state index in [1.165, 1.54) is 12.1 Å². The van der Waals surface area contributed by atoms with Gasteiger partial charge in [0.05, 0.1) is 11.5 Å². The molecule has 0 bridgehead atoms. The number of non-ortho nitro benzene ring substituents is 1. The normalized spacial score (nSPS) is 11.0.